The summed E-state index contributed by atoms with van der Waals surface area (Å²) in [5.41, 5.74) is 7.75. The number of ether oxygens (including phenoxy) is 1. The lowest BCUT2D eigenvalue weighted by Crippen LogP contribution is -2.52. The highest BCUT2D eigenvalue weighted by Gasteiger charge is 2.30. The van der Waals surface area contributed by atoms with Crippen molar-refractivity contribution in [2.75, 3.05) is 42.5 Å². The molecule has 1 saturated heterocycles. The highest BCUT2D eigenvalue weighted by atomic mass is 16.5. The number of aromatic nitrogens is 2. The van der Waals surface area contributed by atoms with Crippen molar-refractivity contribution in [2.45, 2.75) is 44.7 Å². The van der Waals surface area contributed by atoms with Gasteiger partial charge in [-0.05, 0) is 62.1 Å². The van der Waals surface area contributed by atoms with E-state index in [9.17, 15) is 9.59 Å². The zero-order valence-electron chi connectivity index (χ0n) is 24.4. The molecule has 5 N–H and O–H groups in total. The minimum atomic E-state index is -0.400. The van der Waals surface area contributed by atoms with E-state index < -0.39 is 5.91 Å². The molecule has 1 aliphatic carbocycles. The van der Waals surface area contributed by atoms with Crippen LogP contribution in [0, 0.1) is 5.41 Å². The molecule has 2 amide bonds. The molecule has 2 aromatic carbocycles. The predicted octanol–water partition coefficient (Wildman–Crippen LogP) is 4.28. The Morgan fingerprint density at radius 2 is 1.77 bits per heavy atom. The summed E-state index contributed by atoms with van der Waals surface area (Å²) < 4.78 is 6.01. The second kappa shape index (κ2) is 13.5. The Morgan fingerprint density at radius 1 is 1.05 bits per heavy atom. The molecular weight excluding hydrogens is 544 g/mol. The summed E-state index contributed by atoms with van der Waals surface area (Å²) in [5.74, 6) is 1.49. The van der Waals surface area contributed by atoms with Gasteiger partial charge >= 0.3 is 0 Å². The van der Waals surface area contributed by atoms with Crippen molar-refractivity contribution in [3.63, 3.8) is 0 Å². The van der Waals surface area contributed by atoms with E-state index in [0.29, 0.717) is 40.2 Å². The summed E-state index contributed by atoms with van der Waals surface area (Å²) in [6, 6.07) is 15.1. The van der Waals surface area contributed by atoms with Crippen LogP contribution < -0.4 is 21.1 Å². The molecule has 2 heterocycles. The Hall–Kier alpha value is -4.77. The Labute approximate surface area is 251 Å². The number of nitrogens with zero attached hydrogens (tertiary/aromatic N) is 4. The summed E-state index contributed by atoms with van der Waals surface area (Å²) in [6.45, 7) is 8.58. The first-order chi connectivity index (χ1) is 20.8. The van der Waals surface area contributed by atoms with Crippen molar-refractivity contribution in [1.82, 2.24) is 19.8 Å². The number of hydrogen-bond acceptors (Lipinski definition) is 9. The van der Waals surface area contributed by atoms with Gasteiger partial charge in [0.2, 0.25) is 11.8 Å². The van der Waals surface area contributed by atoms with E-state index in [2.05, 4.69) is 32.1 Å². The van der Waals surface area contributed by atoms with Crippen LogP contribution in [0.15, 0.2) is 67.5 Å². The van der Waals surface area contributed by atoms with Gasteiger partial charge in [0.05, 0.1) is 17.0 Å². The number of carbonyl (C=O) groups excluding carboxylic acids is 2. The second-order valence-corrected chi connectivity index (χ2v) is 10.9. The lowest BCUT2D eigenvalue weighted by molar-refractivity contribution is -0.131. The Kier molecular flexibility index (Phi) is 9.31. The summed E-state index contributed by atoms with van der Waals surface area (Å²) in [5, 5.41) is 15.4. The molecule has 2 aliphatic rings. The summed E-state index contributed by atoms with van der Waals surface area (Å²) in [6.07, 6.45) is 6.58. The van der Waals surface area contributed by atoms with Gasteiger partial charge in [-0.2, -0.15) is 0 Å². The first-order valence-electron chi connectivity index (χ1n) is 14.6. The van der Waals surface area contributed by atoms with Crippen LogP contribution in [0.1, 0.15) is 43.7 Å². The molecule has 0 atom stereocenters. The SMILES string of the molecule is C=CC(=O)Nc1cc(C(=N)c2c(N)ncnc2NC2CCC(N3CCN(C(C)=O)CC3)CC2)ccc1Oc1ccccc1. The third-order valence-corrected chi connectivity index (χ3v) is 8.12. The second-order valence-electron chi connectivity index (χ2n) is 10.9. The van der Waals surface area contributed by atoms with Crippen molar-refractivity contribution in [1.29, 1.82) is 5.41 Å². The number of piperazine rings is 1. The first kappa shape index (κ1) is 29.7. The first-order valence-corrected chi connectivity index (χ1v) is 14.6. The van der Waals surface area contributed by atoms with E-state index >= 15 is 0 Å². The maximum Gasteiger partial charge on any atom is 0.247 e. The van der Waals surface area contributed by atoms with Crippen molar-refractivity contribution < 1.29 is 14.3 Å². The van der Waals surface area contributed by atoms with Gasteiger partial charge < -0.3 is 26.0 Å². The van der Waals surface area contributed by atoms with Crippen LogP contribution in [0.2, 0.25) is 0 Å². The van der Waals surface area contributed by atoms with Crippen LogP contribution in [0.5, 0.6) is 11.5 Å². The summed E-state index contributed by atoms with van der Waals surface area (Å²) in [7, 11) is 0. The zero-order chi connectivity index (χ0) is 30.3. The summed E-state index contributed by atoms with van der Waals surface area (Å²) in [4.78, 5) is 37.0. The van der Waals surface area contributed by atoms with Gasteiger partial charge in [-0.3, -0.25) is 19.9 Å². The average molecular weight is 583 g/mol. The van der Waals surface area contributed by atoms with Crippen molar-refractivity contribution in [2.24, 2.45) is 0 Å². The fourth-order valence-corrected chi connectivity index (χ4v) is 5.75. The van der Waals surface area contributed by atoms with Crippen LogP contribution in [0.25, 0.3) is 0 Å². The van der Waals surface area contributed by atoms with Gasteiger partial charge in [0.25, 0.3) is 0 Å². The van der Waals surface area contributed by atoms with Gasteiger partial charge in [-0.15, -0.1) is 0 Å². The predicted molar refractivity (Wildman–Crippen MR) is 168 cm³/mol. The maximum absolute atomic E-state index is 12.2. The normalized spacial score (nSPS) is 18.9. The lowest BCUT2D eigenvalue weighted by Gasteiger charge is -2.42. The molecule has 5 rings (SSSR count). The molecule has 1 aromatic heterocycles. The molecule has 0 spiro atoms. The van der Waals surface area contributed by atoms with E-state index in [1.165, 1.54) is 12.4 Å². The average Bonchev–Trinajstić information content (AvgIpc) is 3.02. The van der Waals surface area contributed by atoms with Gasteiger partial charge in [0, 0.05) is 50.7 Å². The Morgan fingerprint density at radius 3 is 2.44 bits per heavy atom. The Bertz CT molecular complexity index is 1480. The number of anilines is 3. The van der Waals surface area contributed by atoms with Gasteiger partial charge in [0.1, 0.15) is 23.7 Å². The Balaban J connectivity index is 1.30. The molecule has 2 fully saturated rings. The van der Waals surface area contributed by atoms with Crippen LogP contribution in [0.4, 0.5) is 17.3 Å². The van der Waals surface area contributed by atoms with Crippen molar-refractivity contribution >= 4 is 34.8 Å². The number of nitrogens with one attached hydrogen (secondary N) is 3. The standard InChI is InChI=1S/C32H38N8O3/c1-3-28(42)38-26-19-22(9-14-27(26)43-25-7-5-4-6-8-25)30(33)29-31(34)35-20-36-32(29)37-23-10-12-24(13-11-23)40-17-15-39(16-18-40)21(2)41/h3-9,14,19-20,23-24,33H,1,10-13,15-18H2,2H3,(H,38,42)(H3,34,35,36,37). The highest BCUT2D eigenvalue weighted by molar-refractivity contribution is 6.17. The fourth-order valence-electron chi connectivity index (χ4n) is 5.75. The minimum Gasteiger partial charge on any atom is -0.455 e. The molecule has 11 heteroatoms. The molecule has 3 aromatic rings. The van der Waals surface area contributed by atoms with Crippen LogP contribution >= 0.6 is 0 Å². The number of para-hydroxylation sites is 1. The zero-order valence-corrected chi connectivity index (χ0v) is 24.4. The largest absolute Gasteiger partial charge is 0.455 e. The molecule has 0 unspecified atom stereocenters. The van der Waals surface area contributed by atoms with Gasteiger partial charge in [0.15, 0.2) is 5.75 Å². The molecule has 11 nitrogen and oxygen atoms in total. The molecule has 0 radical (unpaired) electrons. The minimum absolute atomic E-state index is 0.123. The van der Waals surface area contributed by atoms with E-state index in [1.54, 1.807) is 25.1 Å². The van der Waals surface area contributed by atoms with E-state index in [4.69, 9.17) is 15.9 Å². The van der Waals surface area contributed by atoms with E-state index in [-0.39, 0.29) is 23.5 Å². The van der Waals surface area contributed by atoms with Crippen LogP contribution in [0.3, 0.4) is 0 Å². The van der Waals surface area contributed by atoms with E-state index in [1.807, 2.05) is 35.2 Å². The monoisotopic (exact) mass is 582 g/mol. The van der Waals surface area contributed by atoms with Crippen molar-refractivity contribution in [3.05, 3.63) is 78.6 Å². The number of hydrogen-bond donors (Lipinski definition) is 4. The lowest BCUT2D eigenvalue weighted by atomic mass is 9.89. The number of nitrogens with two attached hydrogens (primary N) is 1. The van der Waals surface area contributed by atoms with Gasteiger partial charge in [-0.1, -0.05) is 24.8 Å². The molecular formula is C32H38N8O3. The van der Waals surface area contributed by atoms with Crippen LogP contribution in [-0.4, -0.2) is 75.6 Å². The van der Waals surface area contributed by atoms with Gasteiger partial charge in [-0.25, -0.2) is 9.97 Å². The molecule has 0 bridgehead atoms. The molecule has 224 valence electrons. The quantitative estimate of drug-likeness (QED) is 0.216. The topological polar surface area (TPSA) is 150 Å². The highest BCUT2D eigenvalue weighted by Crippen LogP contribution is 2.33. The third-order valence-electron chi connectivity index (χ3n) is 8.12. The molecule has 43 heavy (non-hydrogen) atoms. The maximum atomic E-state index is 12.2. The summed E-state index contributed by atoms with van der Waals surface area (Å²) >= 11 is 0. The number of amides is 2. The van der Waals surface area contributed by atoms with Crippen molar-refractivity contribution in [3.8, 4) is 11.5 Å². The number of carbonyl (C=O) groups is 2. The number of nitrogen functional groups attached to an aromatic ring is 1. The smallest absolute Gasteiger partial charge is 0.247 e. The molecule has 1 aliphatic heterocycles. The molecule has 1 saturated carbocycles. The van der Waals surface area contributed by atoms with E-state index in [0.717, 1.165) is 51.9 Å². The third kappa shape index (κ3) is 7.18. The number of rotatable bonds is 9. The van der Waals surface area contributed by atoms with Crippen LogP contribution in [-0.2, 0) is 9.59 Å². The fraction of sp³-hybridized carbons (Fsp3) is 0.344. The number of benzene rings is 2.